The predicted octanol–water partition coefficient (Wildman–Crippen LogP) is 1.48. The van der Waals surface area contributed by atoms with Crippen molar-refractivity contribution < 1.29 is 9.90 Å². The number of carboxylic acids is 1. The summed E-state index contributed by atoms with van der Waals surface area (Å²) in [5.41, 5.74) is 2.26. The van der Waals surface area contributed by atoms with Gasteiger partial charge in [-0.05, 0) is 19.1 Å². The van der Waals surface area contributed by atoms with Crippen LogP contribution in [0.4, 0.5) is 0 Å². The van der Waals surface area contributed by atoms with Gasteiger partial charge in [-0.3, -0.25) is 5.10 Å². The number of hydrogen-bond donors (Lipinski definition) is 2. The molecule has 0 aliphatic carbocycles. The number of carboxylic acid groups (broad SMARTS) is 1. The number of rotatable bonds is 2. The first kappa shape index (κ1) is 9.39. The molecule has 0 saturated heterocycles. The molecular formula is C10H9N3O2. The highest BCUT2D eigenvalue weighted by Gasteiger charge is 2.09. The molecule has 76 valence electrons. The van der Waals surface area contributed by atoms with Gasteiger partial charge in [-0.25, -0.2) is 9.78 Å². The second-order valence-electron chi connectivity index (χ2n) is 3.10. The normalized spacial score (nSPS) is 10.2. The fraction of sp³-hybridized carbons (Fsp3) is 0.100. The highest BCUT2D eigenvalue weighted by Crippen LogP contribution is 2.18. The molecule has 2 N–H and O–H groups in total. The van der Waals surface area contributed by atoms with Crippen LogP contribution in [0.25, 0.3) is 11.3 Å². The van der Waals surface area contributed by atoms with Gasteiger partial charge in [0.2, 0.25) is 0 Å². The first-order valence-electron chi connectivity index (χ1n) is 4.39. The molecule has 2 aromatic rings. The van der Waals surface area contributed by atoms with E-state index < -0.39 is 5.97 Å². The van der Waals surface area contributed by atoms with Gasteiger partial charge in [0.05, 0.1) is 11.4 Å². The Hall–Kier alpha value is -2.17. The second-order valence-corrected chi connectivity index (χ2v) is 3.10. The summed E-state index contributed by atoms with van der Waals surface area (Å²) >= 11 is 0. The minimum atomic E-state index is -1.03. The summed E-state index contributed by atoms with van der Waals surface area (Å²) in [5, 5.41) is 15.5. The molecule has 0 aliphatic heterocycles. The summed E-state index contributed by atoms with van der Waals surface area (Å²) in [4.78, 5) is 14.7. The fourth-order valence-electron chi connectivity index (χ4n) is 1.32. The Balaban J connectivity index is 2.50. The zero-order valence-corrected chi connectivity index (χ0v) is 8.06. The van der Waals surface area contributed by atoms with Gasteiger partial charge < -0.3 is 5.11 Å². The Kier molecular flexibility index (Phi) is 2.21. The van der Waals surface area contributed by atoms with Crippen molar-refractivity contribution in [2.75, 3.05) is 0 Å². The van der Waals surface area contributed by atoms with E-state index in [0.29, 0.717) is 5.69 Å². The smallest absolute Gasteiger partial charge is 0.354 e. The van der Waals surface area contributed by atoms with Crippen LogP contribution in [-0.2, 0) is 0 Å². The number of aromatic carboxylic acids is 1. The van der Waals surface area contributed by atoms with Gasteiger partial charge in [0, 0.05) is 11.8 Å². The van der Waals surface area contributed by atoms with E-state index in [-0.39, 0.29) is 5.69 Å². The van der Waals surface area contributed by atoms with E-state index in [4.69, 9.17) is 5.11 Å². The lowest BCUT2D eigenvalue weighted by molar-refractivity contribution is 0.0690. The molecule has 2 heterocycles. The van der Waals surface area contributed by atoms with Crippen LogP contribution in [0.2, 0.25) is 0 Å². The van der Waals surface area contributed by atoms with Crippen molar-refractivity contribution in [2.45, 2.75) is 6.92 Å². The third-order valence-electron chi connectivity index (χ3n) is 2.08. The molecule has 0 bridgehead atoms. The van der Waals surface area contributed by atoms with Gasteiger partial charge in [0.15, 0.2) is 0 Å². The number of nitrogens with zero attached hydrogens (tertiary/aromatic N) is 2. The summed E-state index contributed by atoms with van der Waals surface area (Å²) in [5.74, 6) is -1.03. The van der Waals surface area contributed by atoms with Gasteiger partial charge in [0.1, 0.15) is 5.69 Å². The Bertz CT molecular complexity index is 505. The molecule has 2 aromatic heterocycles. The molecule has 0 unspecified atom stereocenters. The van der Waals surface area contributed by atoms with Gasteiger partial charge in [-0.2, -0.15) is 5.10 Å². The van der Waals surface area contributed by atoms with E-state index in [2.05, 4.69) is 15.2 Å². The summed E-state index contributed by atoms with van der Waals surface area (Å²) in [6, 6.07) is 4.88. The summed E-state index contributed by atoms with van der Waals surface area (Å²) < 4.78 is 0. The number of aromatic nitrogens is 3. The minimum Gasteiger partial charge on any atom is -0.477 e. The van der Waals surface area contributed by atoms with Crippen LogP contribution in [0.1, 0.15) is 16.2 Å². The number of aryl methyl sites for hydroxylation is 1. The van der Waals surface area contributed by atoms with Crippen LogP contribution in [0, 0.1) is 6.92 Å². The lowest BCUT2D eigenvalue weighted by atomic mass is 10.1. The van der Waals surface area contributed by atoms with Gasteiger partial charge in [-0.1, -0.05) is 6.07 Å². The standard InChI is InChI=1S/C10H9N3O2/c1-6-7(5-11-13-6)8-3-2-4-9(12-8)10(14)15/h2-5H,1H3,(H,11,13)(H,14,15). The molecule has 5 heteroatoms. The van der Waals surface area contributed by atoms with E-state index in [1.807, 2.05) is 6.92 Å². The van der Waals surface area contributed by atoms with Crippen LogP contribution in [0.3, 0.4) is 0 Å². The molecule has 2 rings (SSSR count). The van der Waals surface area contributed by atoms with Crippen LogP contribution in [-0.4, -0.2) is 26.3 Å². The molecule has 5 nitrogen and oxygen atoms in total. The zero-order chi connectivity index (χ0) is 10.8. The maximum absolute atomic E-state index is 10.7. The van der Waals surface area contributed by atoms with Crippen LogP contribution in [0.15, 0.2) is 24.4 Å². The molecule has 0 atom stereocenters. The molecule has 0 aromatic carbocycles. The molecule has 0 aliphatic rings. The van der Waals surface area contributed by atoms with Crippen molar-refractivity contribution in [1.82, 2.24) is 15.2 Å². The van der Waals surface area contributed by atoms with Gasteiger partial charge >= 0.3 is 5.97 Å². The second kappa shape index (κ2) is 3.53. The van der Waals surface area contributed by atoms with Crippen molar-refractivity contribution in [3.8, 4) is 11.3 Å². The highest BCUT2D eigenvalue weighted by molar-refractivity contribution is 5.86. The Morgan fingerprint density at radius 2 is 2.27 bits per heavy atom. The zero-order valence-electron chi connectivity index (χ0n) is 8.06. The number of hydrogen-bond acceptors (Lipinski definition) is 3. The largest absolute Gasteiger partial charge is 0.477 e. The van der Waals surface area contributed by atoms with Crippen molar-refractivity contribution in [1.29, 1.82) is 0 Å². The predicted molar refractivity (Wildman–Crippen MR) is 53.5 cm³/mol. The van der Waals surface area contributed by atoms with E-state index in [9.17, 15) is 4.79 Å². The summed E-state index contributed by atoms with van der Waals surface area (Å²) in [7, 11) is 0. The minimum absolute atomic E-state index is 0.0353. The summed E-state index contributed by atoms with van der Waals surface area (Å²) in [6.45, 7) is 1.83. The SMILES string of the molecule is Cc1n[nH]cc1-c1cccc(C(=O)O)n1. The topological polar surface area (TPSA) is 78.9 Å². The van der Waals surface area contributed by atoms with Crippen molar-refractivity contribution >= 4 is 5.97 Å². The molecule has 0 saturated carbocycles. The van der Waals surface area contributed by atoms with Crippen LogP contribution >= 0.6 is 0 Å². The number of aromatic amines is 1. The number of nitrogens with one attached hydrogen (secondary N) is 1. The molecular weight excluding hydrogens is 194 g/mol. The number of H-pyrrole nitrogens is 1. The molecule has 0 amide bonds. The first-order valence-corrected chi connectivity index (χ1v) is 4.39. The maximum atomic E-state index is 10.7. The lowest BCUT2D eigenvalue weighted by Crippen LogP contribution is -2.00. The first-order chi connectivity index (χ1) is 7.18. The van der Waals surface area contributed by atoms with E-state index in [1.165, 1.54) is 6.07 Å². The molecule has 0 fully saturated rings. The summed E-state index contributed by atoms with van der Waals surface area (Å²) in [6.07, 6.45) is 1.70. The third kappa shape index (κ3) is 1.71. The average Bonchev–Trinajstić information content (AvgIpc) is 2.64. The van der Waals surface area contributed by atoms with Crippen molar-refractivity contribution in [3.05, 3.63) is 35.8 Å². The average molecular weight is 203 g/mol. The van der Waals surface area contributed by atoms with E-state index in [1.54, 1.807) is 18.3 Å². The monoisotopic (exact) mass is 203 g/mol. The lowest BCUT2D eigenvalue weighted by Gasteiger charge is -1.99. The molecule has 0 spiro atoms. The molecule has 15 heavy (non-hydrogen) atoms. The Morgan fingerprint density at radius 1 is 1.47 bits per heavy atom. The number of carbonyl (C=O) groups is 1. The Labute approximate surface area is 85.8 Å². The Morgan fingerprint density at radius 3 is 2.87 bits per heavy atom. The molecule has 0 radical (unpaired) electrons. The maximum Gasteiger partial charge on any atom is 0.354 e. The van der Waals surface area contributed by atoms with E-state index >= 15 is 0 Å². The highest BCUT2D eigenvalue weighted by atomic mass is 16.4. The van der Waals surface area contributed by atoms with Crippen LogP contribution in [0.5, 0.6) is 0 Å². The van der Waals surface area contributed by atoms with Gasteiger partial charge in [-0.15, -0.1) is 0 Å². The van der Waals surface area contributed by atoms with Crippen LogP contribution < -0.4 is 0 Å². The van der Waals surface area contributed by atoms with E-state index in [0.717, 1.165) is 11.3 Å². The number of pyridine rings is 1. The fourth-order valence-corrected chi connectivity index (χ4v) is 1.32. The third-order valence-corrected chi connectivity index (χ3v) is 2.08. The van der Waals surface area contributed by atoms with Crippen molar-refractivity contribution in [3.63, 3.8) is 0 Å². The van der Waals surface area contributed by atoms with Crippen molar-refractivity contribution in [2.24, 2.45) is 0 Å². The van der Waals surface area contributed by atoms with Gasteiger partial charge in [0.25, 0.3) is 0 Å². The quantitative estimate of drug-likeness (QED) is 0.774.